The van der Waals surface area contributed by atoms with Crippen molar-refractivity contribution in [1.82, 2.24) is 0 Å². The van der Waals surface area contributed by atoms with Gasteiger partial charge >= 0.3 is 0 Å². The summed E-state index contributed by atoms with van der Waals surface area (Å²) >= 11 is 0. The Labute approximate surface area is 141 Å². The van der Waals surface area contributed by atoms with Crippen LogP contribution in [-0.2, 0) is 16.0 Å². The molecule has 0 aliphatic carbocycles. The van der Waals surface area contributed by atoms with Crippen molar-refractivity contribution in [2.45, 2.75) is 13.3 Å². The normalized spacial score (nSPS) is 14.5. The summed E-state index contributed by atoms with van der Waals surface area (Å²) in [6.07, 6.45) is 0.265. The molecule has 1 saturated heterocycles. The van der Waals surface area contributed by atoms with Crippen LogP contribution in [0.4, 0.5) is 15.8 Å². The molecule has 1 aliphatic heterocycles. The minimum Gasteiger partial charge on any atom is -0.378 e. The molecule has 1 heterocycles. The van der Waals surface area contributed by atoms with Crippen molar-refractivity contribution in [2.24, 2.45) is 0 Å². The molecule has 126 valence electrons. The van der Waals surface area contributed by atoms with E-state index in [9.17, 15) is 9.18 Å². The van der Waals surface area contributed by atoms with Gasteiger partial charge in [0.15, 0.2) is 0 Å². The number of ether oxygens (including phenoxy) is 1. The SMILES string of the molecule is Cc1cccc(CC(=O)Nc2cc(F)ccc2N2CCOCC2)c1. The van der Waals surface area contributed by atoms with E-state index in [1.165, 1.54) is 12.1 Å². The lowest BCUT2D eigenvalue weighted by Gasteiger charge is -2.30. The number of nitrogens with zero attached hydrogens (tertiary/aromatic N) is 1. The van der Waals surface area contributed by atoms with Crippen molar-refractivity contribution in [3.05, 3.63) is 59.4 Å². The third-order valence-corrected chi connectivity index (χ3v) is 4.03. The number of benzene rings is 2. The maximum atomic E-state index is 13.7. The van der Waals surface area contributed by atoms with Crippen molar-refractivity contribution < 1.29 is 13.9 Å². The van der Waals surface area contributed by atoms with E-state index in [0.29, 0.717) is 18.9 Å². The van der Waals surface area contributed by atoms with Crippen molar-refractivity contribution in [3.8, 4) is 0 Å². The third-order valence-electron chi connectivity index (χ3n) is 4.03. The molecule has 0 saturated carbocycles. The minimum absolute atomic E-state index is 0.152. The van der Waals surface area contributed by atoms with Crippen LogP contribution >= 0.6 is 0 Å². The van der Waals surface area contributed by atoms with Gasteiger partial charge in [-0.15, -0.1) is 0 Å². The molecule has 0 atom stereocenters. The van der Waals surface area contributed by atoms with Gasteiger partial charge < -0.3 is 15.0 Å². The number of hydrogen-bond donors (Lipinski definition) is 1. The molecule has 0 aromatic heterocycles. The maximum Gasteiger partial charge on any atom is 0.228 e. The number of aryl methyl sites for hydroxylation is 1. The molecule has 0 spiro atoms. The number of rotatable bonds is 4. The smallest absolute Gasteiger partial charge is 0.228 e. The van der Waals surface area contributed by atoms with Gasteiger partial charge in [-0.3, -0.25) is 4.79 Å². The Hall–Kier alpha value is -2.40. The van der Waals surface area contributed by atoms with E-state index in [2.05, 4.69) is 10.2 Å². The second-order valence-corrected chi connectivity index (χ2v) is 5.97. The predicted octanol–water partition coefficient (Wildman–Crippen LogP) is 3.15. The summed E-state index contributed by atoms with van der Waals surface area (Å²) in [6.45, 7) is 4.71. The molecular weight excluding hydrogens is 307 g/mol. The third kappa shape index (κ3) is 4.11. The number of anilines is 2. The average molecular weight is 328 g/mol. The van der Waals surface area contributed by atoms with E-state index in [-0.39, 0.29) is 18.1 Å². The lowest BCUT2D eigenvalue weighted by atomic mass is 10.1. The highest BCUT2D eigenvalue weighted by atomic mass is 19.1. The van der Waals surface area contributed by atoms with Crippen LogP contribution in [-0.4, -0.2) is 32.2 Å². The fraction of sp³-hybridized carbons (Fsp3) is 0.316. The first-order valence-electron chi connectivity index (χ1n) is 8.09. The Bertz CT molecular complexity index is 727. The molecule has 2 aromatic rings. The van der Waals surface area contributed by atoms with Crippen molar-refractivity contribution in [2.75, 3.05) is 36.5 Å². The first kappa shape index (κ1) is 16.5. The number of amides is 1. The van der Waals surface area contributed by atoms with Crippen LogP contribution in [0, 0.1) is 12.7 Å². The van der Waals surface area contributed by atoms with Crippen LogP contribution < -0.4 is 10.2 Å². The molecule has 0 bridgehead atoms. The Morgan fingerprint density at radius 1 is 1.21 bits per heavy atom. The average Bonchev–Trinajstić information content (AvgIpc) is 2.55. The van der Waals surface area contributed by atoms with E-state index in [4.69, 9.17) is 4.74 Å². The van der Waals surface area contributed by atoms with E-state index in [0.717, 1.165) is 29.9 Å². The first-order chi connectivity index (χ1) is 11.6. The standard InChI is InChI=1S/C19H21FN2O2/c1-14-3-2-4-15(11-14)12-19(23)21-17-13-16(20)5-6-18(17)22-7-9-24-10-8-22/h2-6,11,13H,7-10,12H2,1H3,(H,21,23). The Morgan fingerprint density at radius 2 is 2.00 bits per heavy atom. The van der Waals surface area contributed by atoms with Crippen LogP contribution in [0.15, 0.2) is 42.5 Å². The Morgan fingerprint density at radius 3 is 2.75 bits per heavy atom. The molecule has 1 aliphatic rings. The highest BCUT2D eigenvalue weighted by Gasteiger charge is 2.17. The molecule has 3 rings (SSSR count). The van der Waals surface area contributed by atoms with Crippen LogP contribution in [0.5, 0.6) is 0 Å². The molecule has 0 unspecified atom stereocenters. The zero-order chi connectivity index (χ0) is 16.9. The Kier molecular flexibility index (Phi) is 5.11. The number of carbonyl (C=O) groups is 1. The molecule has 1 N–H and O–H groups in total. The summed E-state index contributed by atoms with van der Waals surface area (Å²) in [6, 6.07) is 12.3. The maximum absolute atomic E-state index is 13.7. The van der Waals surface area contributed by atoms with Gasteiger partial charge in [-0.1, -0.05) is 29.8 Å². The van der Waals surface area contributed by atoms with Crippen LogP contribution in [0.25, 0.3) is 0 Å². The quantitative estimate of drug-likeness (QED) is 0.937. The number of carbonyl (C=O) groups excluding carboxylic acids is 1. The zero-order valence-electron chi connectivity index (χ0n) is 13.7. The van der Waals surface area contributed by atoms with Gasteiger partial charge in [0.1, 0.15) is 5.82 Å². The van der Waals surface area contributed by atoms with Crippen LogP contribution in [0.1, 0.15) is 11.1 Å². The second kappa shape index (κ2) is 7.45. The first-order valence-corrected chi connectivity index (χ1v) is 8.09. The number of nitrogens with one attached hydrogen (secondary N) is 1. The van der Waals surface area contributed by atoms with Gasteiger partial charge in [-0.2, -0.15) is 0 Å². The Balaban J connectivity index is 1.75. The number of morpholine rings is 1. The highest BCUT2D eigenvalue weighted by Crippen LogP contribution is 2.27. The van der Waals surface area contributed by atoms with Gasteiger partial charge in [-0.05, 0) is 30.7 Å². The van der Waals surface area contributed by atoms with Gasteiger partial charge in [0, 0.05) is 13.1 Å². The summed E-state index contributed by atoms with van der Waals surface area (Å²) in [5, 5.41) is 2.86. The fourth-order valence-corrected chi connectivity index (χ4v) is 2.89. The van der Waals surface area contributed by atoms with Gasteiger partial charge in [0.2, 0.25) is 5.91 Å². The molecule has 1 fully saturated rings. The van der Waals surface area contributed by atoms with Gasteiger partial charge in [0.25, 0.3) is 0 Å². The fourth-order valence-electron chi connectivity index (χ4n) is 2.89. The van der Waals surface area contributed by atoms with E-state index in [1.54, 1.807) is 6.07 Å². The summed E-state index contributed by atoms with van der Waals surface area (Å²) < 4.78 is 19.0. The molecule has 0 radical (unpaired) electrons. The van der Waals surface area contributed by atoms with Crippen molar-refractivity contribution in [3.63, 3.8) is 0 Å². The highest BCUT2D eigenvalue weighted by molar-refractivity contribution is 5.95. The summed E-state index contributed by atoms with van der Waals surface area (Å²) in [4.78, 5) is 14.5. The lowest BCUT2D eigenvalue weighted by Crippen LogP contribution is -2.36. The summed E-state index contributed by atoms with van der Waals surface area (Å²) in [5.41, 5.74) is 3.39. The van der Waals surface area contributed by atoms with Crippen molar-refractivity contribution >= 4 is 17.3 Å². The van der Waals surface area contributed by atoms with Crippen LogP contribution in [0.3, 0.4) is 0 Å². The van der Waals surface area contributed by atoms with Gasteiger partial charge in [-0.25, -0.2) is 4.39 Å². The van der Waals surface area contributed by atoms with E-state index < -0.39 is 0 Å². The zero-order valence-corrected chi connectivity index (χ0v) is 13.7. The topological polar surface area (TPSA) is 41.6 Å². The van der Waals surface area contributed by atoms with Crippen LogP contribution in [0.2, 0.25) is 0 Å². The van der Waals surface area contributed by atoms with E-state index in [1.807, 2.05) is 31.2 Å². The number of halogens is 1. The van der Waals surface area contributed by atoms with E-state index >= 15 is 0 Å². The molecule has 5 heteroatoms. The second-order valence-electron chi connectivity index (χ2n) is 5.97. The lowest BCUT2D eigenvalue weighted by molar-refractivity contribution is -0.115. The minimum atomic E-state index is -0.363. The van der Waals surface area contributed by atoms with Crippen molar-refractivity contribution in [1.29, 1.82) is 0 Å². The predicted molar refractivity (Wildman–Crippen MR) is 92.9 cm³/mol. The summed E-state index contributed by atoms with van der Waals surface area (Å²) in [5.74, 6) is -0.515. The monoisotopic (exact) mass is 328 g/mol. The summed E-state index contributed by atoms with van der Waals surface area (Å²) in [7, 11) is 0. The molecular formula is C19H21FN2O2. The number of hydrogen-bond acceptors (Lipinski definition) is 3. The molecule has 24 heavy (non-hydrogen) atoms. The molecule has 1 amide bonds. The molecule has 2 aromatic carbocycles. The molecule has 4 nitrogen and oxygen atoms in total. The van der Waals surface area contributed by atoms with Gasteiger partial charge in [0.05, 0.1) is 31.0 Å². The largest absolute Gasteiger partial charge is 0.378 e.